The topological polar surface area (TPSA) is 61.8 Å². The van der Waals surface area contributed by atoms with Crippen LogP contribution in [0, 0.1) is 0 Å². The molecule has 5 nitrogen and oxygen atoms in total. The van der Waals surface area contributed by atoms with E-state index in [1.165, 1.54) is 0 Å². The fraction of sp³-hybridized carbons (Fsp3) is 0.611. The number of nitrogens with zero attached hydrogens (tertiary/aromatic N) is 1. The highest BCUT2D eigenvalue weighted by molar-refractivity contribution is 6.30. The van der Waals surface area contributed by atoms with Crippen molar-refractivity contribution < 1.29 is 14.6 Å². The average molecular weight is 355 g/mol. The van der Waals surface area contributed by atoms with Gasteiger partial charge in [0.05, 0.1) is 12.6 Å². The SMILES string of the molecule is CCCNC(=O)N1CCCC(O)C(C)c2cc(Cl)ccc2OCC1. The van der Waals surface area contributed by atoms with Crippen LogP contribution in [0.5, 0.6) is 5.75 Å². The lowest BCUT2D eigenvalue weighted by Gasteiger charge is -2.23. The zero-order valence-corrected chi connectivity index (χ0v) is 15.2. The van der Waals surface area contributed by atoms with E-state index in [9.17, 15) is 9.90 Å². The van der Waals surface area contributed by atoms with Gasteiger partial charge in [0.15, 0.2) is 0 Å². The Labute approximate surface area is 148 Å². The molecule has 1 aromatic carbocycles. The molecule has 0 spiro atoms. The average Bonchev–Trinajstić information content (AvgIpc) is 2.60. The summed E-state index contributed by atoms with van der Waals surface area (Å²) in [5.41, 5.74) is 0.916. The molecule has 0 radical (unpaired) electrons. The van der Waals surface area contributed by atoms with Gasteiger partial charge < -0.3 is 20.1 Å². The van der Waals surface area contributed by atoms with Gasteiger partial charge in [-0.3, -0.25) is 0 Å². The number of rotatable bonds is 2. The maximum Gasteiger partial charge on any atom is 0.317 e. The molecule has 0 fully saturated rings. The second-order valence-corrected chi connectivity index (χ2v) is 6.68. The Balaban J connectivity index is 2.14. The summed E-state index contributed by atoms with van der Waals surface area (Å²) < 4.78 is 5.89. The van der Waals surface area contributed by atoms with Gasteiger partial charge in [-0.15, -0.1) is 0 Å². The summed E-state index contributed by atoms with van der Waals surface area (Å²) >= 11 is 6.10. The summed E-state index contributed by atoms with van der Waals surface area (Å²) in [7, 11) is 0. The summed E-state index contributed by atoms with van der Waals surface area (Å²) in [6.07, 6.45) is 1.79. The molecule has 1 aliphatic rings. The highest BCUT2D eigenvalue weighted by atomic mass is 35.5. The molecule has 1 aliphatic heterocycles. The summed E-state index contributed by atoms with van der Waals surface area (Å²) in [6, 6.07) is 5.40. The first kappa shape index (κ1) is 18.9. The summed E-state index contributed by atoms with van der Waals surface area (Å²) in [6.45, 7) is 6.21. The smallest absolute Gasteiger partial charge is 0.317 e. The van der Waals surface area contributed by atoms with Crippen molar-refractivity contribution in [1.82, 2.24) is 10.2 Å². The Kier molecular flexibility index (Phi) is 7.18. The third-order valence-electron chi connectivity index (χ3n) is 4.40. The van der Waals surface area contributed by atoms with Crippen molar-refractivity contribution in [3.8, 4) is 5.75 Å². The number of nitrogens with one attached hydrogen (secondary N) is 1. The van der Waals surface area contributed by atoms with Gasteiger partial charge in [-0.2, -0.15) is 0 Å². The number of amides is 2. The van der Waals surface area contributed by atoms with Crippen LogP contribution in [0.3, 0.4) is 0 Å². The van der Waals surface area contributed by atoms with Gasteiger partial charge in [0.2, 0.25) is 0 Å². The van der Waals surface area contributed by atoms with Crippen molar-refractivity contribution >= 4 is 17.6 Å². The zero-order chi connectivity index (χ0) is 17.5. The molecule has 0 saturated heterocycles. The first-order valence-electron chi connectivity index (χ1n) is 8.66. The van der Waals surface area contributed by atoms with Gasteiger partial charge in [-0.1, -0.05) is 25.4 Å². The van der Waals surface area contributed by atoms with Gasteiger partial charge in [0.1, 0.15) is 12.4 Å². The molecule has 2 rings (SSSR count). The van der Waals surface area contributed by atoms with Crippen molar-refractivity contribution in [1.29, 1.82) is 0 Å². The number of urea groups is 1. The lowest BCUT2D eigenvalue weighted by atomic mass is 9.92. The van der Waals surface area contributed by atoms with Gasteiger partial charge in [-0.05, 0) is 37.5 Å². The van der Waals surface area contributed by atoms with Crippen LogP contribution >= 0.6 is 11.6 Å². The monoisotopic (exact) mass is 354 g/mol. The number of hydrogen-bond acceptors (Lipinski definition) is 3. The molecule has 1 heterocycles. The Morgan fingerprint density at radius 2 is 2.25 bits per heavy atom. The van der Waals surface area contributed by atoms with E-state index in [1.54, 1.807) is 11.0 Å². The Hall–Kier alpha value is -1.46. The number of fused-ring (bicyclic) bond motifs is 1. The highest BCUT2D eigenvalue weighted by Gasteiger charge is 2.23. The Morgan fingerprint density at radius 3 is 3.00 bits per heavy atom. The number of hydrogen-bond donors (Lipinski definition) is 2. The van der Waals surface area contributed by atoms with Crippen LogP contribution < -0.4 is 10.1 Å². The van der Waals surface area contributed by atoms with Crippen LogP contribution in [0.15, 0.2) is 18.2 Å². The lowest BCUT2D eigenvalue weighted by molar-refractivity contribution is 0.132. The van der Waals surface area contributed by atoms with E-state index in [1.807, 2.05) is 26.0 Å². The van der Waals surface area contributed by atoms with E-state index in [2.05, 4.69) is 5.32 Å². The number of carbonyl (C=O) groups is 1. The van der Waals surface area contributed by atoms with Gasteiger partial charge in [0.25, 0.3) is 0 Å². The molecule has 6 heteroatoms. The van der Waals surface area contributed by atoms with Crippen molar-refractivity contribution in [2.45, 2.75) is 45.1 Å². The number of carbonyl (C=O) groups excluding carboxylic acids is 1. The molecule has 1 aromatic rings. The molecule has 2 unspecified atom stereocenters. The van der Waals surface area contributed by atoms with Gasteiger partial charge in [-0.25, -0.2) is 4.79 Å². The minimum absolute atomic E-state index is 0.0702. The quantitative estimate of drug-likeness (QED) is 0.855. The molecule has 0 aromatic heterocycles. The Morgan fingerprint density at radius 1 is 1.46 bits per heavy atom. The molecule has 2 N–H and O–H groups in total. The minimum atomic E-state index is -0.496. The number of ether oxygens (including phenoxy) is 1. The van der Waals surface area contributed by atoms with E-state index < -0.39 is 6.10 Å². The summed E-state index contributed by atoms with van der Waals surface area (Å²) in [5, 5.41) is 14.0. The minimum Gasteiger partial charge on any atom is -0.491 e. The molecule has 2 atom stereocenters. The Bertz CT molecular complexity index is 553. The second kappa shape index (κ2) is 9.14. The van der Waals surface area contributed by atoms with Crippen LogP contribution in [0.1, 0.15) is 44.6 Å². The van der Waals surface area contributed by atoms with Crippen molar-refractivity contribution in [3.05, 3.63) is 28.8 Å². The third-order valence-corrected chi connectivity index (χ3v) is 4.63. The second-order valence-electron chi connectivity index (χ2n) is 6.25. The molecule has 24 heavy (non-hydrogen) atoms. The first-order chi connectivity index (χ1) is 11.5. The molecule has 0 saturated carbocycles. The van der Waals surface area contributed by atoms with Crippen molar-refractivity contribution in [2.75, 3.05) is 26.2 Å². The fourth-order valence-electron chi connectivity index (χ4n) is 2.88. The largest absolute Gasteiger partial charge is 0.491 e. The number of benzene rings is 1. The van der Waals surface area contributed by atoms with E-state index in [0.29, 0.717) is 37.7 Å². The molecular formula is C18H27ClN2O3. The predicted octanol–water partition coefficient (Wildman–Crippen LogP) is 3.40. The van der Waals surface area contributed by atoms with Crippen LogP contribution in [0.2, 0.25) is 5.02 Å². The van der Waals surface area contributed by atoms with Crippen LogP contribution in [-0.2, 0) is 0 Å². The highest BCUT2D eigenvalue weighted by Crippen LogP contribution is 2.33. The van der Waals surface area contributed by atoms with Crippen molar-refractivity contribution in [3.63, 3.8) is 0 Å². The predicted molar refractivity (Wildman–Crippen MR) is 95.9 cm³/mol. The number of aliphatic hydroxyl groups excluding tert-OH is 1. The van der Waals surface area contributed by atoms with Crippen LogP contribution in [-0.4, -0.2) is 48.4 Å². The van der Waals surface area contributed by atoms with Crippen LogP contribution in [0.25, 0.3) is 0 Å². The number of halogens is 1. The van der Waals surface area contributed by atoms with Gasteiger partial charge in [0, 0.05) is 29.6 Å². The fourth-order valence-corrected chi connectivity index (χ4v) is 3.06. The molecule has 0 aliphatic carbocycles. The lowest BCUT2D eigenvalue weighted by Crippen LogP contribution is -2.43. The maximum atomic E-state index is 12.2. The van der Waals surface area contributed by atoms with Gasteiger partial charge >= 0.3 is 6.03 Å². The maximum absolute atomic E-state index is 12.2. The van der Waals surface area contributed by atoms with E-state index in [4.69, 9.17) is 16.3 Å². The molecule has 134 valence electrons. The third kappa shape index (κ3) is 5.02. The molecular weight excluding hydrogens is 328 g/mol. The molecule has 0 bridgehead atoms. The van der Waals surface area contributed by atoms with Crippen molar-refractivity contribution in [2.24, 2.45) is 0 Å². The van der Waals surface area contributed by atoms with E-state index in [-0.39, 0.29) is 11.9 Å². The van der Waals surface area contributed by atoms with Crippen LogP contribution in [0.4, 0.5) is 4.79 Å². The van der Waals surface area contributed by atoms with E-state index >= 15 is 0 Å². The normalized spacial score (nSPS) is 22.1. The summed E-state index contributed by atoms with van der Waals surface area (Å²) in [5.74, 6) is 0.654. The standard InChI is InChI=1S/C18H27ClN2O3/c1-3-8-20-18(23)21-9-4-5-16(22)13(2)15-12-14(19)6-7-17(15)24-11-10-21/h6-7,12-13,16,22H,3-5,8-11H2,1-2H3,(H,20,23). The summed E-state index contributed by atoms with van der Waals surface area (Å²) in [4.78, 5) is 14.0. The first-order valence-corrected chi connectivity index (χ1v) is 9.03. The van der Waals surface area contributed by atoms with E-state index in [0.717, 1.165) is 24.2 Å². The number of aliphatic hydroxyl groups is 1. The molecule has 2 amide bonds. The zero-order valence-electron chi connectivity index (χ0n) is 14.4.